The maximum atomic E-state index is 11.4. The molecule has 1 saturated carbocycles. The van der Waals surface area contributed by atoms with Gasteiger partial charge in [0.05, 0.1) is 12.1 Å². The van der Waals surface area contributed by atoms with Crippen LogP contribution in [0.4, 0.5) is 4.79 Å². The summed E-state index contributed by atoms with van der Waals surface area (Å²) in [7, 11) is 0. The van der Waals surface area contributed by atoms with Crippen LogP contribution in [0.1, 0.15) is 31.4 Å². The molecule has 0 aromatic heterocycles. The zero-order valence-electron chi connectivity index (χ0n) is 10.1. The van der Waals surface area contributed by atoms with Crippen molar-refractivity contribution < 1.29 is 15.0 Å². The number of aliphatic hydroxyl groups excluding tert-OH is 1. The number of aliphatic hydroxyl groups is 1. The highest BCUT2D eigenvalue weighted by Gasteiger charge is 2.40. The molecule has 2 rings (SSSR count). The topological polar surface area (TPSA) is 60.8 Å². The highest BCUT2D eigenvalue weighted by molar-refractivity contribution is 6.31. The number of rotatable bonds is 4. The van der Waals surface area contributed by atoms with Crippen molar-refractivity contribution >= 4 is 17.7 Å². The molecule has 5 heteroatoms. The maximum absolute atomic E-state index is 11.4. The van der Waals surface area contributed by atoms with Crippen LogP contribution in [0.3, 0.4) is 0 Å². The van der Waals surface area contributed by atoms with E-state index in [1.54, 1.807) is 31.2 Å². The zero-order valence-corrected chi connectivity index (χ0v) is 10.8. The first-order valence-electron chi connectivity index (χ1n) is 5.96. The van der Waals surface area contributed by atoms with Crippen LogP contribution >= 0.6 is 11.6 Å². The molecule has 0 unspecified atom stereocenters. The molecule has 1 aliphatic carbocycles. The molecule has 1 aromatic rings. The molecule has 1 aromatic carbocycles. The molecular formula is C13H16ClNO3. The number of amides is 1. The summed E-state index contributed by atoms with van der Waals surface area (Å²) in [6, 6.07) is 6.44. The van der Waals surface area contributed by atoms with E-state index in [9.17, 15) is 15.0 Å². The standard InChI is InChI=1S/C13H16ClNO3/c1-8(16)12(10-4-2-3-5-11(10)14)15(13(17)18)9-6-7-9/h2-5,8-9,12,16H,6-7H2,1H3,(H,17,18)/t8-,12+/m0/s1. The van der Waals surface area contributed by atoms with Crippen molar-refractivity contribution in [2.24, 2.45) is 0 Å². The second-order valence-corrected chi connectivity index (χ2v) is 5.04. The minimum atomic E-state index is -1.01. The number of hydrogen-bond donors (Lipinski definition) is 2. The Balaban J connectivity index is 2.38. The van der Waals surface area contributed by atoms with E-state index in [0.717, 1.165) is 12.8 Å². The molecular weight excluding hydrogens is 254 g/mol. The van der Waals surface area contributed by atoms with Crippen LogP contribution < -0.4 is 0 Å². The molecule has 1 amide bonds. The summed E-state index contributed by atoms with van der Waals surface area (Å²) in [5.74, 6) is 0. The summed E-state index contributed by atoms with van der Waals surface area (Å²) in [5.41, 5.74) is 0.656. The molecule has 0 saturated heterocycles. The Kier molecular flexibility index (Phi) is 3.78. The number of halogens is 1. The van der Waals surface area contributed by atoms with Crippen LogP contribution in [-0.4, -0.2) is 33.4 Å². The minimum Gasteiger partial charge on any atom is -0.465 e. The second kappa shape index (κ2) is 5.16. The summed E-state index contributed by atoms with van der Waals surface area (Å²) in [6.45, 7) is 1.59. The van der Waals surface area contributed by atoms with Gasteiger partial charge in [-0.1, -0.05) is 29.8 Å². The summed E-state index contributed by atoms with van der Waals surface area (Å²) >= 11 is 6.11. The van der Waals surface area contributed by atoms with Crippen LogP contribution in [0.25, 0.3) is 0 Å². The maximum Gasteiger partial charge on any atom is 0.408 e. The lowest BCUT2D eigenvalue weighted by molar-refractivity contribution is 0.0527. The average molecular weight is 270 g/mol. The van der Waals surface area contributed by atoms with E-state index in [0.29, 0.717) is 10.6 Å². The molecule has 1 aliphatic rings. The fourth-order valence-electron chi connectivity index (χ4n) is 2.21. The third-order valence-electron chi connectivity index (χ3n) is 3.14. The van der Waals surface area contributed by atoms with Crippen molar-refractivity contribution in [3.05, 3.63) is 34.9 Å². The van der Waals surface area contributed by atoms with Gasteiger partial charge in [-0.3, -0.25) is 4.90 Å². The van der Waals surface area contributed by atoms with E-state index in [2.05, 4.69) is 0 Å². The van der Waals surface area contributed by atoms with Crippen molar-refractivity contribution in [2.45, 2.75) is 38.0 Å². The van der Waals surface area contributed by atoms with Crippen LogP contribution in [0.2, 0.25) is 5.02 Å². The van der Waals surface area contributed by atoms with E-state index in [1.807, 2.05) is 0 Å². The molecule has 0 radical (unpaired) electrons. The predicted octanol–water partition coefficient (Wildman–Crippen LogP) is 2.90. The Bertz CT molecular complexity index is 446. The Morgan fingerprint density at radius 1 is 1.44 bits per heavy atom. The second-order valence-electron chi connectivity index (χ2n) is 4.63. The van der Waals surface area contributed by atoms with Crippen molar-refractivity contribution in [1.29, 1.82) is 0 Å². The molecule has 1 fully saturated rings. The Hall–Kier alpha value is -1.26. The first kappa shape index (κ1) is 13.2. The lowest BCUT2D eigenvalue weighted by atomic mass is 10.0. The fraction of sp³-hybridized carbons (Fsp3) is 0.462. The summed E-state index contributed by atoms with van der Waals surface area (Å²) in [6.07, 6.45) is -0.120. The Morgan fingerprint density at radius 2 is 2.06 bits per heavy atom. The summed E-state index contributed by atoms with van der Waals surface area (Å²) in [5, 5.41) is 19.7. The van der Waals surface area contributed by atoms with Crippen molar-refractivity contribution in [2.75, 3.05) is 0 Å². The normalized spacial score (nSPS) is 18.2. The quantitative estimate of drug-likeness (QED) is 0.883. The van der Waals surface area contributed by atoms with Gasteiger partial charge in [-0.2, -0.15) is 0 Å². The molecule has 18 heavy (non-hydrogen) atoms. The third-order valence-corrected chi connectivity index (χ3v) is 3.49. The average Bonchev–Trinajstić information content (AvgIpc) is 3.10. The first-order chi connectivity index (χ1) is 8.52. The van der Waals surface area contributed by atoms with Crippen LogP contribution in [0.15, 0.2) is 24.3 Å². The van der Waals surface area contributed by atoms with Gasteiger partial charge >= 0.3 is 6.09 Å². The molecule has 2 N–H and O–H groups in total. The largest absolute Gasteiger partial charge is 0.465 e. The van der Waals surface area contributed by atoms with Gasteiger partial charge in [0, 0.05) is 11.1 Å². The van der Waals surface area contributed by atoms with E-state index in [4.69, 9.17) is 11.6 Å². The molecule has 0 spiro atoms. The lowest BCUT2D eigenvalue weighted by Crippen LogP contribution is -2.40. The first-order valence-corrected chi connectivity index (χ1v) is 6.34. The zero-order chi connectivity index (χ0) is 13.3. The van der Waals surface area contributed by atoms with E-state index < -0.39 is 18.2 Å². The molecule has 98 valence electrons. The number of nitrogens with zero attached hydrogens (tertiary/aromatic N) is 1. The van der Waals surface area contributed by atoms with Gasteiger partial charge in [0.15, 0.2) is 0 Å². The van der Waals surface area contributed by atoms with Gasteiger partial charge in [-0.15, -0.1) is 0 Å². The minimum absolute atomic E-state index is 0.00151. The van der Waals surface area contributed by atoms with Gasteiger partial charge < -0.3 is 10.2 Å². The Morgan fingerprint density at radius 3 is 2.50 bits per heavy atom. The summed E-state index contributed by atoms with van der Waals surface area (Å²) in [4.78, 5) is 12.7. The highest BCUT2D eigenvalue weighted by atomic mass is 35.5. The van der Waals surface area contributed by atoms with Crippen LogP contribution in [-0.2, 0) is 0 Å². The molecule has 0 heterocycles. The van der Waals surface area contributed by atoms with Gasteiger partial charge in [0.1, 0.15) is 0 Å². The highest BCUT2D eigenvalue weighted by Crippen LogP contribution is 2.38. The Labute approximate surface area is 111 Å². The predicted molar refractivity (Wildman–Crippen MR) is 68.8 cm³/mol. The lowest BCUT2D eigenvalue weighted by Gasteiger charge is -2.32. The van der Waals surface area contributed by atoms with Gasteiger partial charge in [-0.05, 0) is 31.4 Å². The number of hydrogen-bond acceptors (Lipinski definition) is 2. The van der Waals surface area contributed by atoms with Gasteiger partial charge in [0.2, 0.25) is 0 Å². The van der Waals surface area contributed by atoms with Crippen molar-refractivity contribution in [3.8, 4) is 0 Å². The smallest absolute Gasteiger partial charge is 0.408 e. The number of carboxylic acid groups (broad SMARTS) is 1. The van der Waals surface area contributed by atoms with Crippen LogP contribution in [0.5, 0.6) is 0 Å². The van der Waals surface area contributed by atoms with Crippen LogP contribution in [0, 0.1) is 0 Å². The van der Waals surface area contributed by atoms with Crippen molar-refractivity contribution in [1.82, 2.24) is 4.90 Å². The molecule has 0 aliphatic heterocycles. The number of carbonyl (C=O) groups is 1. The number of benzene rings is 1. The fourth-order valence-corrected chi connectivity index (χ4v) is 2.46. The molecule has 2 atom stereocenters. The molecule has 4 nitrogen and oxygen atoms in total. The third kappa shape index (κ3) is 2.60. The summed E-state index contributed by atoms with van der Waals surface area (Å²) < 4.78 is 0. The van der Waals surface area contributed by atoms with Gasteiger partial charge in [-0.25, -0.2) is 4.79 Å². The van der Waals surface area contributed by atoms with Crippen molar-refractivity contribution in [3.63, 3.8) is 0 Å². The molecule has 0 bridgehead atoms. The van der Waals surface area contributed by atoms with E-state index in [-0.39, 0.29) is 6.04 Å². The van der Waals surface area contributed by atoms with Gasteiger partial charge in [0.25, 0.3) is 0 Å². The van der Waals surface area contributed by atoms with E-state index in [1.165, 1.54) is 4.90 Å². The SMILES string of the molecule is C[C@H](O)[C@H](c1ccccc1Cl)N(C(=O)O)C1CC1. The van der Waals surface area contributed by atoms with E-state index >= 15 is 0 Å². The monoisotopic (exact) mass is 269 g/mol.